The summed E-state index contributed by atoms with van der Waals surface area (Å²) >= 11 is -0.826. The van der Waals surface area contributed by atoms with Gasteiger partial charge < -0.3 is 0 Å². The Balaban J connectivity index is 0.000000140. The summed E-state index contributed by atoms with van der Waals surface area (Å²) in [5, 5.41) is 8.41. The molecule has 282 valence electrons. The maximum absolute atomic E-state index is 4.93. The van der Waals surface area contributed by atoms with Crippen LogP contribution >= 0.6 is 17.0 Å². The van der Waals surface area contributed by atoms with Crippen LogP contribution in [0.15, 0.2) is 152 Å². The summed E-state index contributed by atoms with van der Waals surface area (Å²) in [6, 6.07) is 58.4. The Labute approximate surface area is 356 Å². The molecule has 9 rings (SSSR count). The Hall–Kier alpha value is -3.78. The number of rotatable bonds is 8. The fourth-order valence-corrected chi connectivity index (χ4v) is 9.07. The summed E-state index contributed by atoms with van der Waals surface area (Å²) in [7, 11) is 10.7. The Morgan fingerprint density at radius 1 is 0.554 bits per heavy atom. The van der Waals surface area contributed by atoms with Gasteiger partial charge in [0.05, 0.1) is 9.52 Å². The minimum Gasteiger partial charge on any atom is -0.184 e. The molecule has 2 radical (unpaired) electrons. The largest absolute Gasteiger partial charge is 0.184 e. The Kier molecular flexibility index (Phi) is 15.8. The molecule has 4 heteroatoms. The van der Waals surface area contributed by atoms with Crippen molar-refractivity contribution in [2.24, 2.45) is 0 Å². The summed E-state index contributed by atoms with van der Waals surface area (Å²) in [5.41, 5.74) is 14.1. The maximum atomic E-state index is 4.93. The second-order valence-corrected chi connectivity index (χ2v) is 19.1. The van der Waals surface area contributed by atoms with Crippen LogP contribution in [0.3, 0.4) is 0 Å². The molecule has 56 heavy (non-hydrogen) atoms. The van der Waals surface area contributed by atoms with Gasteiger partial charge in [0.2, 0.25) is 0 Å². The van der Waals surface area contributed by atoms with Gasteiger partial charge in [0, 0.05) is 0 Å². The second-order valence-electron chi connectivity index (χ2n) is 14.1. The van der Waals surface area contributed by atoms with Gasteiger partial charge in [0.25, 0.3) is 0 Å². The molecule has 0 amide bonds. The molecule has 0 nitrogen and oxygen atoms in total. The van der Waals surface area contributed by atoms with Crippen molar-refractivity contribution < 1.29 is 20.8 Å². The van der Waals surface area contributed by atoms with Crippen LogP contribution in [0.4, 0.5) is 0 Å². The van der Waals surface area contributed by atoms with Crippen molar-refractivity contribution >= 4 is 58.5 Å². The molecule has 1 aliphatic rings. The average molecular weight is 864 g/mol. The molecule has 8 aromatic rings. The number of halogens is 2. The normalized spacial score (nSPS) is 11.0. The van der Waals surface area contributed by atoms with E-state index in [1.165, 1.54) is 100 Å². The third-order valence-electron chi connectivity index (χ3n) is 10.4. The molecule has 0 fully saturated rings. The second kappa shape index (κ2) is 21.1. The SMILES string of the molecule is CCCc1ccc2[cH-]c(CC)cc2c1-c1ccccc1.CCCc1ccc2[cH-]c(CC)cc2c1-c1ccccc1.[Cl][Zr][Cl].[c-]1cccc2c1[Si]c1ccccc1-2. The van der Waals surface area contributed by atoms with Crippen molar-refractivity contribution in [3.63, 3.8) is 0 Å². The van der Waals surface area contributed by atoms with Crippen molar-refractivity contribution in [1.82, 2.24) is 0 Å². The molecule has 0 N–H and O–H groups in total. The van der Waals surface area contributed by atoms with Gasteiger partial charge in [-0.05, 0) is 36.8 Å². The van der Waals surface area contributed by atoms with E-state index in [0.29, 0.717) is 0 Å². The predicted molar refractivity (Wildman–Crippen MR) is 244 cm³/mol. The van der Waals surface area contributed by atoms with Crippen molar-refractivity contribution in [3.8, 4) is 33.4 Å². The molecule has 1 aliphatic heterocycles. The van der Waals surface area contributed by atoms with E-state index >= 15 is 0 Å². The predicted octanol–water partition coefficient (Wildman–Crippen LogP) is 14.0. The number of hydrogen-bond donors (Lipinski definition) is 0. The first-order valence-electron chi connectivity index (χ1n) is 19.9. The summed E-state index contributed by atoms with van der Waals surface area (Å²) < 4.78 is 0. The van der Waals surface area contributed by atoms with E-state index < -0.39 is 20.8 Å². The van der Waals surface area contributed by atoms with Gasteiger partial charge in [0.1, 0.15) is 0 Å². The Morgan fingerprint density at radius 2 is 1.02 bits per heavy atom. The molecular weight excluding hydrogens is 815 g/mol. The Morgan fingerprint density at radius 3 is 1.50 bits per heavy atom. The molecule has 8 aromatic carbocycles. The summed E-state index contributed by atoms with van der Waals surface area (Å²) in [6.07, 6.45) is 6.87. The van der Waals surface area contributed by atoms with E-state index in [0.717, 1.165) is 35.2 Å². The molecule has 0 aromatic heterocycles. The minimum atomic E-state index is -0.826. The summed E-state index contributed by atoms with van der Waals surface area (Å²) in [4.78, 5) is 0. The molecule has 0 bridgehead atoms. The summed E-state index contributed by atoms with van der Waals surface area (Å²) in [5.74, 6) is 0. The van der Waals surface area contributed by atoms with Crippen LogP contribution < -0.4 is 10.4 Å². The van der Waals surface area contributed by atoms with E-state index in [1.807, 2.05) is 6.07 Å². The number of fused-ring (bicyclic) bond motifs is 5. The Bertz CT molecular complexity index is 2270. The van der Waals surface area contributed by atoms with Crippen LogP contribution in [0.2, 0.25) is 0 Å². The van der Waals surface area contributed by atoms with Crippen LogP contribution in [0, 0.1) is 6.07 Å². The van der Waals surface area contributed by atoms with Crippen molar-refractivity contribution in [2.75, 3.05) is 0 Å². The minimum absolute atomic E-state index is 0.795. The fourth-order valence-electron chi connectivity index (χ4n) is 7.76. The molecule has 0 atom stereocenters. The topological polar surface area (TPSA) is 0 Å². The first-order chi connectivity index (χ1) is 27.5. The van der Waals surface area contributed by atoms with Gasteiger partial charge in [-0.3, -0.25) is 0 Å². The van der Waals surface area contributed by atoms with Crippen molar-refractivity contribution in [1.29, 1.82) is 0 Å². The zero-order chi connectivity index (χ0) is 39.3. The molecule has 0 saturated heterocycles. The quantitative estimate of drug-likeness (QED) is 0.105. The zero-order valence-electron chi connectivity index (χ0n) is 32.9. The smallest absolute Gasteiger partial charge is 0.0920 e. The van der Waals surface area contributed by atoms with Gasteiger partial charge in [0.15, 0.2) is 0 Å². The maximum Gasteiger partial charge on any atom is 0.0920 e. The molecule has 1 heterocycles. The van der Waals surface area contributed by atoms with Crippen molar-refractivity contribution in [3.05, 3.63) is 180 Å². The van der Waals surface area contributed by atoms with Gasteiger partial charge in [-0.15, -0.1) is 74.6 Å². The van der Waals surface area contributed by atoms with Crippen LogP contribution in [0.1, 0.15) is 62.8 Å². The fraction of sp³-hybridized carbons (Fsp3) is 0.192. The van der Waals surface area contributed by atoms with E-state index in [4.69, 9.17) is 17.0 Å². The standard InChI is InChI=1S/2C20H21.C12H7Si.2ClH.Zr/c2*1-3-8-16-11-12-18-13-15(4-2)14-19(18)20(16)17-9-6-5-7-10-17;1-3-7-11-9(5-1)10-6-2-4-8-12(10)13-11;;;/h2*5-7,9-14H,3-4,8H2,1-2H3;1-7H;2*1H;/q3*-1;;;+2/p-2. The number of aryl methyl sites for hydroxylation is 4. The van der Waals surface area contributed by atoms with E-state index in [2.05, 4.69) is 179 Å². The van der Waals surface area contributed by atoms with Gasteiger partial charge in [-0.2, -0.15) is 41.6 Å². The van der Waals surface area contributed by atoms with Gasteiger partial charge in [-0.1, -0.05) is 158 Å². The van der Waals surface area contributed by atoms with E-state index in [-0.39, 0.29) is 0 Å². The van der Waals surface area contributed by atoms with E-state index in [1.54, 1.807) is 0 Å². The van der Waals surface area contributed by atoms with Crippen LogP contribution in [0.25, 0.3) is 54.9 Å². The molecule has 0 saturated carbocycles. The first kappa shape index (κ1) is 41.8. The van der Waals surface area contributed by atoms with Crippen LogP contribution in [-0.2, 0) is 46.5 Å². The van der Waals surface area contributed by atoms with Gasteiger partial charge >= 0.3 is 37.9 Å². The van der Waals surface area contributed by atoms with Crippen molar-refractivity contribution in [2.45, 2.75) is 66.2 Å². The molecular formula is C52H49Cl2SiZr-3. The molecule has 0 spiro atoms. The molecule has 0 unspecified atom stereocenters. The zero-order valence-corrected chi connectivity index (χ0v) is 37.9. The van der Waals surface area contributed by atoms with E-state index in [9.17, 15) is 0 Å². The monoisotopic (exact) mass is 861 g/mol. The number of hydrogen-bond acceptors (Lipinski definition) is 0. The van der Waals surface area contributed by atoms with Crippen LogP contribution in [0.5, 0.6) is 0 Å². The van der Waals surface area contributed by atoms with Gasteiger partial charge in [-0.25, -0.2) is 0 Å². The first-order valence-corrected chi connectivity index (χ1v) is 27.2. The summed E-state index contributed by atoms with van der Waals surface area (Å²) in [6.45, 7) is 8.95. The third-order valence-corrected chi connectivity index (χ3v) is 11.8. The third kappa shape index (κ3) is 10.0. The number of benzene rings is 6. The van der Waals surface area contributed by atoms with Crippen LogP contribution in [-0.4, -0.2) is 9.52 Å². The average Bonchev–Trinajstić information content (AvgIpc) is 3.97. The molecule has 0 aliphatic carbocycles.